The van der Waals surface area contributed by atoms with Gasteiger partial charge >= 0.3 is 0 Å². The lowest BCUT2D eigenvalue weighted by molar-refractivity contribution is -0.118. The van der Waals surface area contributed by atoms with Crippen molar-refractivity contribution >= 4 is 28.3 Å². The predicted molar refractivity (Wildman–Crippen MR) is 111 cm³/mol. The Balaban J connectivity index is 1.55. The number of aromatic nitrogens is 1. The lowest BCUT2D eigenvalue weighted by atomic mass is 10.1. The minimum absolute atomic E-state index is 0.0750. The number of rotatable bonds is 7. The minimum Gasteiger partial charge on any atom is -0.441 e. The summed E-state index contributed by atoms with van der Waals surface area (Å²) in [5.74, 6) is 0.885. The van der Waals surface area contributed by atoms with E-state index < -0.39 is 10.8 Å². The Labute approximate surface area is 171 Å². The molecule has 1 N–H and O–H groups in total. The van der Waals surface area contributed by atoms with E-state index in [1.54, 1.807) is 19.1 Å². The van der Waals surface area contributed by atoms with E-state index in [-0.39, 0.29) is 17.4 Å². The second-order valence-corrected chi connectivity index (χ2v) is 8.41. The van der Waals surface area contributed by atoms with Crippen LogP contribution in [-0.4, -0.2) is 20.9 Å². The van der Waals surface area contributed by atoms with Gasteiger partial charge in [0.25, 0.3) is 0 Å². The van der Waals surface area contributed by atoms with Crippen LogP contribution in [0.25, 0.3) is 11.5 Å². The minimum atomic E-state index is -1.38. The third kappa shape index (κ3) is 5.53. The number of benzene rings is 2. The van der Waals surface area contributed by atoms with Crippen molar-refractivity contribution in [3.8, 4) is 11.5 Å². The normalized spacial score (nSPS) is 12.0. The van der Waals surface area contributed by atoms with E-state index in [4.69, 9.17) is 16.0 Å². The van der Waals surface area contributed by atoms with Crippen molar-refractivity contribution < 1.29 is 13.4 Å². The van der Waals surface area contributed by atoms with Crippen molar-refractivity contribution in [3.63, 3.8) is 0 Å². The number of aryl methyl sites for hydroxylation is 2. The standard InChI is InChI=1S/C21H21ClN2O3S/c1-14-3-5-16(6-4-14)11-23-20(25)13-28(26)12-19-15(2)27-21(24-19)17-7-9-18(22)10-8-17/h3-10H,11-13H2,1-2H3,(H,23,25)/t28-/m1/s1. The Kier molecular flexibility index (Phi) is 6.65. The first-order valence-electron chi connectivity index (χ1n) is 8.80. The first-order valence-corrected chi connectivity index (χ1v) is 10.7. The number of carbonyl (C=O) groups excluding carboxylic acids is 1. The van der Waals surface area contributed by atoms with E-state index in [1.807, 2.05) is 43.3 Å². The van der Waals surface area contributed by atoms with E-state index in [0.29, 0.717) is 28.9 Å². The lowest BCUT2D eigenvalue weighted by Gasteiger charge is -2.05. The molecule has 0 saturated carbocycles. The molecule has 3 aromatic rings. The number of nitrogens with one attached hydrogen (secondary N) is 1. The third-order valence-corrected chi connectivity index (χ3v) is 5.62. The highest BCUT2D eigenvalue weighted by molar-refractivity contribution is 7.84. The molecule has 1 amide bonds. The van der Waals surface area contributed by atoms with Gasteiger partial charge in [-0.2, -0.15) is 0 Å². The second kappa shape index (κ2) is 9.17. The lowest BCUT2D eigenvalue weighted by Crippen LogP contribution is -2.28. The zero-order chi connectivity index (χ0) is 20.1. The summed E-state index contributed by atoms with van der Waals surface area (Å²) in [5.41, 5.74) is 3.55. The summed E-state index contributed by atoms with van der Waals surface area (Å²) in [6.45, 7) is 4.20. The van der Waals surface area contributed by atoms with Gasteiger partial charge in [-0.3, -0.25) is 9.00 Å². The summed E-state index contributed by atoms with van der Waals surface area (Å²) in [5, 5.41) is 3.43. The highest BCUT2D eigenvalue weighted by Crippen LogP contribution is 2.24. The number of hydrogen-bond donors (Lipinski definition) is 1. The fourth-order valence-corrected chi connectivity index (χ4v) is 3.78. The topological polar surface area (TPSA) is 72.2 Å². The van der Waals surface area contributed by atoms with E-state index in [2.05, 4.69) is 10.3 Å². The molecule has 1 heterocycles. The van der Waals surface area contributed by atoms with Crippen molar-refractivity contribution in [2.24, 2.45) is 0 Å². The third-order valence-electron chi connectivity index (χ3n) is 4.18. The predicted octanol–water partition coefficient (Wildman–Crippen LogP) is 4.18. The second-order valence-electron chi connectivity index (χ2n) is 6.52. The van der Waals surface area contributed by atoms with Crippen molar-refractivity contribution in [2.75, 3.05) is 5.75 Å². The maximum atomic E-state index is 12.4. The van der Waals surface area contributed by atoms with E-state index in [1.165, 1.54) is 0 Å². The maximum absolute atomic E-state index is 12.4. The van der Waals surface area contributed by atoms with E-state index in [9.17, 15) is 9.00 Å². The van der Waals surface area contributed by atoms with Crippen LogP contribution in [0.5, 0.6) is 0 Å². The van der Waals surface area contributed by atoms with E-state index in [0.717, 1.165) is 16.7 Å². The molecular weight excluding hydrogens is 396 g/mol. The molecular formula is C21H21ClN2O3S. The molecule has 146 valence electrons. The highest BCUT2D eigenvalue weighted by Gasteiger charge is 2.16. The molecule has 0 aliphatic carbocycles. The SMILES string of the molecule is Cc1ccc(CNC(=O)C[S@](=O)Cc2nc(-c3ccc(Cl)cc3)oc2C)cc1. The molecule has 5 nitrogen and oxygen atoms in total. The maximum Gasteiger partial charge on any atom is 0.232 e. The Bertz CT molecular complexity index is 982. The Morgan fingerprint density at radius 1 is 1.11 bits per heavy atom. The van der Waals surface area contributed by atoms with E-state index >= 15 is 0 Å². The molecule has 0 aliphatic heterocycles. The van der Waals surface area contributed by atoms with Gasteiger partial charge in [0.1, 0.15) is 11.5 Å². The van der Waals surface area contributed by atoms with Gasteiger partial charge in [-0.25, -0.2) is 4.98 Å². The Morgan fingerprint density at radius 2 is 1.79 bits per heavy atom. The summed E-state index contributed by atoms with van der Waals surface area (Å²) in [6.07, 6.45) is 0. The number of carbonyl (C=O) groups is 1. The Morgan fingerprint density at radius 3 is 2.46 bits per heavy atom. The molecule has 2 aromatic carbocycles. The van der Waals surface area contributed by atoms with Crippen LogP contribution in [0.4, 0.5) is 0 Å². The van der Waals surface area contributed by atoms with Crippen LogP contribution < -0.4 is 5.32 Å². The van der Waals surface area contributed by atoms with Crippen molar-refractivity contribution in [3.05, 3.63) is 76.1 Å². The van der Waals surface area contributed by atoms with Gasteiger partial charge in [0.15, 0.2) is 0 Å². The fraction of sp³-hybridized carbons (Fsp3) is 0.238. The number of amides is 1. The van der Waals surface area contributed by atoms with Crippen molar-refractivity contribution in [1.29, 1.82) is 0 Å². The summed E-state index contributed by atoms with van der Waals surface area (Å²) in [4.78, 5) is 16.5. The number of nitrogens with zero attached hydrogens (tertiary/aromatic N) is 1. The van der Waals surface area contributed by atoms with Crippen LogP contribution in [0, 0.1) is 13.8 Å². The molecule has 7 heteroatoms. The summed E-state index contributed by atoms with van der Waals surface area (Å²) >= 11 is 5.90. The molecule has 3 rings (SSSR count). The molecule has 0 saturated heterocycles. The molecule has 0 radical (unpaired) electrons. The van der Waals surface area contributed by atoms with Crippen LogP contribution in [0.15, 0.2) is 52.9 Å². The molecule has 1 aromatic heterocycles. The fourth-order valence-electron chi connectivity index (χ4n) is 2.59. The summed E-state index contributed by atoms with van der Waals surface area (Å²) in [7, 11) is -1.38. The molecule has 0 bridgehead atoms. The first kappa shape index (κ1) is 20.3. The van der Waals surface area contributed by atoms with Gasteiger partial charge in [-0.05, 0) is 43.7 Å². The number of oxazole rings is 1. The quantitative estimate of drug-likeness (QED) is 0.627. The average Bonchev–Trinajstić information content (AvgIpc) is 3.02. The zero-order valence-electron chi connectivity index (χ0n) is 15.7. The van der Waals surface area contributed by atoms with Gasteiger partial charge in [0.05, 0.1) is 11.4 Å². The molecule has 28 heavy (non-hydrogen) atoms. The first-order chi connectivity index (χ1) is 13.4. The zero-order valence-corrected chi connectivity index (χ0v) is 17.3. The molecule has 0 aliphatic rings. The van der Waals surface area contributed by atoms with Gasteiger partial charge in [-0.15, -0.1) is 0 Å². The van der Waals surface area contributed by atoms with Crippen LogP contribution >= 0.6 is 11.6 Å². The summed E-state index contributed by atoms with van der Waals surface area (Å²) in [6, 6.07) is 15.0. The van der Waals surface area contributed by atoms with Gasteiger partial charge in [0.2, 0.25) is 11.8 Å². The smallest absolute Gasteiger partial charge is 0.232 e. The largest absolute Gasteiger partial charge is 0.441 e. The van der Waals surface area contributed by atoms with Crippen molar-refractivity contribution in [2.45, 2.75) is 26.1 Å². The van der Waals surface area contributed by atoms with Crippen LogP contribution in [0.2, 0.25) is 5.02 Å². The van der Waals surface area contributed by atoms with Gasteiger partial charge in [-0.1, -0.05) is 41.4 Å². The highest BCUT2D eigenvalue weighted by atomic mass is 35.5. The molecule has 0 spiro atoms. The average molecular weight is 417 g/mol. The molecule has 0 fully saturated rings. The number of halogens is 1. The van der Waals surface area contributed by atoms with Gasteiger partial charge < -0.3 is 9.73 Å². The molecule has 0 unspecified atom stereocenters. The monoisotopic (exact) mass is 416 g/mol. The number of hydrogen-bond acceptors (Lipinski definition) is 4. The Hall–Kier alpha value is -2.44. The van der Waals surface area contributed by atoms with Crippen LogP contribution in [-0.2, 0) is 27.9 Å². The van der Waals surface area contributed by atoms with Crippen LogP contribution in [0.3, 0.4) is 0 Å². The molecule has 1 atom stereocenters. The van der Waals surface area contributed by atoms with Crippen molar-refractivity contribution in [1.82, 2.24) is 10.3 Å². The van der Waals surface area contributed by atoms with Crippen LogP contribution in [0.1, 0.15) is 22.6 Å². The van der Waals surface area contributed by atoms with Gasteiger partial charge in [0, 0.05) is 27.9 Å². The summed E-state index contributed by atoms with van der Waals surface area (Å²) < 4.78 is 18.0.